The average molecular weight is 231 g/mol. The number of nitrogens with one attached hydrogen (secondary N) is 1. The maximum absolute atomic E-state index is 11.1. The number of carbonyl (C=O) groups excluding carboxylic acids is 1. The molecule has 0 aliphatic carbocycles. The number of hydrogen-bond donors (Lipinski definition) is 3. The molecule has 4 N–H and O–H groups in total. The molecule has 15 heavy (non-hydrogen) atoms. The molecule has 0 saturated carbocycles. The minimum absolute atomic E-state index is 0. The molecule has 0 unspecified atom stereocenters. The van der Waals surface area contributed by atoms with Crippen molar-refractivity contribution < 1.29 is 9.90 Å². The van der Waals surface area contributed by atoms with Gasteiger partial charge in [0.25, 0.3) is 0 Å². The highest BCUT2D eigenvalue weighted by atomic mass is 35.5. The van der Waals surface area contributed by atoms with E-state index in [0.717, 1.165) is 5.56 Å². The van der Waals surface area contributed by atoms with E-state index in [4.69, 9.17) is 10.8 Å². The van der Waals surface area contributed by atoms with E-state index in [1.165, 1.54) is 0 Å². The molecule has 1 rings (SSSR count). The van der Waals surface area contributed by atoms with Gasteiger partial charge in [0.15, 0.2) is 0 Å². The third-order valence-corrected chi connectivity index (χ3v) is 1.98. The Labute approximate surface area is 94.9 Å². The predicted molar refractivity (Wildman–Crippen MR) is 61.1 cm³/mol. The summed E-state index contributed by atoms with van der Waals surface area (Å²) in [5, 5.41) is 11.5. The first-order chi connectivity index (χ1) is 6.63. The third-order valence-electron chi connectivity index (χ3n) is 1.98. The summed E-state index contributed by atoms with van der Waals surface area (Å²) in [6, 6.07) is 6.11. The molecule has 0 saturated heterocycles. The van der Waals surface area contributed by atoms with Crippen LogP contribution in [0, 0.1) is 0 Å². The van der Waals surface area contributed by atoms with Crippen molar-refractivity contribution in [2.75, 3.05) is 7.05 Å². The summed E-state index contributed by atoms with van der Waals surface area (Å²) in [6.45, 7) is 0. The van der Waals surface area contributed by atoms with Crippen molar-refractivity contribution in [2.45, 2.75) is 12.5 Å². The summed E-state index contributed by atoms with van der Waals surface area (Å²) in [6.07, 6.45) is 0.472. The van der Waals surface area contributed by atoms with E-state index < -0.39 is 6.04 Å². The standard InChI is InChI=1S/C10H14N2O2.ClH/c1-12-10(14)9(11)6-7-2-4-8(13)5-3-7;/h2-5,9,13H,6,11H2,1H3,(H,12,14);1H/t9-;/m0./s1. The van der Waals surface area contributed by atoms with Crippen molar-refractivity contribution in [3.8, 4) is 5.75 Å². The van der Waals surface area contributed by atoms with E-state index in [-0.39, 0.29) is 24.1 Å². The van der Waals surface area contributed by atoms with Crippen molar-refractivity contribution >= 4 is 18.3 Å². The van der Waals surface area contributed by atoms with Gasteiger partial charge in [-0.15, -0.1) is 12.4 Å². The molecular weight excluding hydrogens is 216 g/mol. The highest BCUT2D eigenvalue weighted by Crippen LogP contribution is 2.10. The predicted octanol–water partition coefficient (Wildman–Crippen LogP) is 0.430. The Morgan fingerprint density at radius 2 is 2.00 bits per heavy atom. The molecule has 0 bridgehead atoms. The molecule has 0 fully saturated rings. The zero-order valence-electron chi connectivity index (χ0n) is 8.43. The molecule has 0 spiro atoms. The fourth-order valence-corrected chi connectivity index (χ4v) is 1.16. The van der Waals surface area contributed by atoms with E-state index in [1.54, 1.807) is 31.3 Å². The molecule has 0 heterocycles. The number of aromatic hydroxyl groups is 1. The summed E-state index contributed by atoms with van der Waals surface area (Å²) in [7, 11) is 1.55. The Hall–Kier alpha value is -1.26. The van der Waals surface area contributed by atoms with Gasteiger partial charge >= 0.3 is 0 Å². The van der Waals surface area contributed by atoms with Crippen LogP contribution >= 0.6 is 12.4 Å². The zero-order chi connectivity index (χ0) is 10.6. The van der Waals surface area contributed by atoms with Gasteiger partial charge in [-0.25, -0.2) is 0 Å². The van der Waals surface area contributed by atoms with Gasteiger partial charge in [-0.2, -0.15) is 0 Å². The van der Waals surface area contributed by atoms with Gasteiger partial charge in [0.05, 0.1) is 6.04 Å². The highest BCUT2D eigenvalue weighted by Gasteiger charge is 2.11. The Balaban J connectivity index is 0.00000196. The molecular formula is C10H15ClN2O2. The number of halogens is 1. The summed E-state index contributed by atoms with van der Waals surface area (Å²) < 4.78 is 0. The number of hydrogen-bond acceptors (Lipinski definition) is 3. The number of carbonyl (C=O) groups is 1. The van der Waals surface area contributed by atoms with E-state index >= 15 is 0 Å². The summed E-state index contributed by atoms with van der Waals surface area (Å²) >= 11 is 0. The molecule has 0 aliphatic rings. The monoisotopic (exact) mass is 230 g/mol. The molecule has 4 nitrogen and oxygen atoms in total. The lowest BCUT2D eigenvalue weighted by Crippen LogP contribution is -2.40. The van der Waals surface area contributed by atoms with Crippen LogP contribution in [0.5, 0.6) is 5.75 Å². The number of phenols is 1. The Bertz CT molecular complexity index is 314. The van der Waals surface area contributed by atoms with Crippen LogP contribution in [0.25, 0.3) is 0 Å². The van der Waals surface area contributed by atoms with Crippen molar-refractivity contribution in [1.29, 1.82) is 0 Å². The summed E-state index contributed by atoms with van der Waals surface area (Å²) in [5.41, 5.74) is 6.55. The van der Waals surface area contributed by atoms with Gasteiger partial charge in [0.1, 0.15) is 5.75 Å². The van der Waals surface area contributed by atoms with Gasteiger partial charge in [0, 0.05) is 7.05 Å². The van der Waals surface area contributed by atoms with Gasteiger partial charge in [-0.05, 0) is 24.1 Å². The molecule has 5 heteroatoms. The lowest BCUT2D eigenvalue weighted by Gasteiger charge is -2.09. The Morgan fingerprint density at radius 1 is 1.47 bits per heavy atom. The van der Waals surface area contributed by atoms with E-state index in [0.29, 0.717) is 6.42 Å². The normalized spacial score (nSPS) is 11.3. The topological polar surface area (TPSA) is 75.4 Å². The second-order valence-corrected chi connectivity index (χ2v) is 3.09. The molecule has 0 aliphatic heterocycles. The summed E-state index contributed by atoms with van der Waals surface area (Å²) in [4.78, 5) is 11.1. The van der Waals surface area contributed by atoms with Crippen LogP contribution in [-0.4, -0.2) is 24.1 Å². The van der Waals surface area contributed by atoms with Gasteiger partial charge in [-0.1, -0.05) is 12.1 Å². The molecule has 1 amide bonds. The molecule has 0 aromatic heterocycles. The highest BCUT2D eigenvalue weighted by molar-refractivity contribution is 5.85. The number of rotatable bonds is 3. The summed E-state index contributed by atoms with van der Waals surface area (Å²) in [5.74, 6) is 0.0281. The Kier molecular flexibility index (Phi) is 5.74. The Morgan fingerprint density at radius 3 is 2.47 bits per heavy atom. The van der Waals surface area contributed by atoms with E-state index in [9.17, 15) is 4.79 Å². The van der Waals surface area contributed by atoms with Crippen LogP contribution in [0.3, 0.4) is 0 Å². The quantitative estimate of drug-likeness (QED) is 0.705. The fraction of sp³-hybridized carbons (Fsp3) is 0.300. The van der Waals surface area contributed by atoms with E-state index in [1.807, 2.05) is 0 Å². The third kappa shape index (κ3) is 4.18. The second kappa shape index (κ2) is 6.27. The molecule has 1 aromatic carbocycles. The lowest BCUT2D eigenvalue weighted by molar-refractivity contribution is -0.121. The number of likely N-dealkylation sites (N-methyl/N-ethyl adjacent to an activating group) is 1. The minimum Gasteiger partial charge on any atom is -0.508 e. The van der Waals surface area contributed by atoms with Crippen molar-refractivity contribution in [2.24, 2.45) is 5.73 Å². The first-order valence-electron chi connectivity index (χ1n) is 4.38. The number of nitrogens with two attached hydrogens (primary N) is 1. The van der Waals surface area contributed by atoms with Crippen molar-refractivity contribution in [3.05, 3.63) is 29.8 Å². The smallest absolute Gasteiger partial charge is 0.237 e. The van der Waals surface area contributed by atoms with Gasteiger partial charge < -0.3 is 16.2 Å². The van der Waals surface area contributed by atoms with Crippen molar-refractivity contribution in [1.82, 2.24) is 5.32 Å². The maximum atomic E-state index is 11.1. The number of amides is 1. The molecule has 1 aromatic rings. The average Bonchev–Trinajstić information content (AvgIpc) is 2.20. The fourth-order valence-electron chi connectivity index (χ4n) is 1.16. The van der Waals surface area contributed by atoms with Crippen LogP contribution in [0.4, 0.5) is 0 Å². The van der Waals surface area contributed by atoms with Gasteiger partial charge in [-0.3, -0.25) is 4.79 Å². The first kappa shape index (κ1) is 13.7. The van der Waals surface area contributed by atoms with Crippen LogP contribution in [0.1, 0.15) is 5.56 Å². The molecule has 0 radical (unpaired) electrons. The van der Waals surface area contributed by atoms with Crippen molar-refractivity contribution in [3.63, 3.8) is 0 Å². The lowest BCUT2D eigenvalue weighted by atomic mass is 10.1. The van der Waals surface area contributed by atoms with Crippen LogP contribution in [0.15, 0.2) is 24.3 Å². The molecule has 1 atom stereocenters. The molecule has 84 valence electrons. The van der Waals surface area contributed by atoms with Gasteiger partial charge in [0.2, 0.25) is 5.91 Å². The SMILES string of the molecule is CNC(=O)[C@@H](N)Cc1ccc(O)cc1.Cl. The maximum Gasteiger partial charge on any atom is 0.237 e. The second-order valence-electron chi connectivity index (χ2n) is 3.09. The number of phenolic OH excluding ortho intramolecular Hbond substituents is 1. The van der Waals surface area contributed by atoms with Crippen LogP contribution in [-0.2, 0) is 11.2 Å². The first-order valence-corrected chi connectivity index (χ1v) is 4.38. The minimum atomic E-state index is -0.537. The number of benzene rings is 1. The van der Waals surface area contributed by atoms with E-state index in [2.05, 4.69) is 5.32 Å². The zero-order valence-corrected chi connectivity index (χ0v) is 9.25. The van der Waals surface area contributed by atoms with Crippen LogP contribution < -0.4 is 11.1 Å². The van der Waals surface area contributed by atoms with Crippen LogP contribution in [0.2, 0.25) is 0 Å². The largest absolute Gasteiger partial charge is 0.508 e.